The summed E-state index contributed by atoms with van der Waals surface area (Å²) >= 11 is 3.24. The maximum atomic E-state index is 11.9. The molecule has 0 unspecified atom stereocenters. The van der Waals surface area contributed by atoms with Crippen LogP contribution >= 0.6 is 15.9 Å². The van der Waals surface area contributed by atoms with Crippen LogP contribution < -0.4 is 10.6 Å². The lowest BCUT2D eigenvalue weighted by molar-refractivity contribution is -0.114. The number of carboxylic acid groups (broad SMARTS) is 1. The fraction of sp³-hybridized carbons (Fsp3) is 0.0667. The summed E-state index contributed by atoms with van der Waals surface area (Å²) in [7, 11) is 0. The van der Waals surface area contributed by atoms with Crippen LogP contribution in [0.1, 0.15) is 10.4 Å². The van der Waals surface area contributed by atoms with Crippen LogP contribution in [0.4, 0.5) is 11.4 Å². The van der Waals surface area contributed by atoms with Crippen molar-refractivity contribution in [3.05, 3.63) is 58.6 Å². The Morgan fingerprint density at radius 3 is 2.43 bits per heavy atom. The average Bonchev–Trinajstić information content (AvgIpc) is 2.48. The van der Waals surface area contributed by atoms with E-state index in [2.05, 4.69) is 26.6 Å². The maximum Gasteiger partial charge on any atom is 0.337 e. The second-order valence-corrected chi connectivity index (χ2v) is 5.09. The Labute approximate surface area is 130 Å². The highest BCUT2D eigenvalue weighted by Gasteiger charge is 2.15. The molecule has 0 fully saturated rings. The topological polar surface area (TPSA) is 78.4 Å². The number of carboxylic acids is 1. The molecule has 2 aromatic rings. The van der Waals surface area contributed by atoms with Gasteiger partial charge in [0, 0.05) is 10.2 Å². The van der Waals surface area contributed by atoms with Crippen molar-refractivity contribution in [1.82, 2.24) is 0 Å². The van der Waals surface area contributed by atoms with Gasteiger partial charge in [-0.15, -0.1) is 0 Å². The predicted octanol–water partition coefficient (Wildman–Crippen LogP) is 3.20. The highest BCUT2D eigenvalue weighted by atomic mass is 79.9. The van der Waals surface area contributed by atoms with E-state index in [9.17, 15) is 9.59 Å². The third-order valence-corrected chi connectivity index (χ3v) is 3.40. The zero-order valence-corrected chi connectivity index (χ0v) is 12.6. The molecule has 5 nitrogen and oxygen atoms in total. The summed E-state index contributed by atoms with van der Waals surface area (Å²) in [5.74, 6) is -1.42. The van der Waals surface area contributed by atoms with Gasteiger partial charge in [-0.3, -0.25) is 4.79 Å². The summed E-state index contributed by atoms with van der Waals surface area (Å²) in [5.41, 5.74) is 1.11. The summed E-state index contributed by atoms with van der Waals surface area (Å²) in [5, 5.41) is 14.7. The van der Waals surface area contributed by atoms with Gasteiger partial charge in [0.2, 0.25) is 5.91 Å². The third kappa shape index (κ3) is 4.06. The lowest BCUT2D eigenvalue weighted by atomic mass is 10.2. The van der Waals surface area contributed by atoms with Crippen LogP contribution in [0.5, 0.6) is 0 Å². The molecule has 0 aliphatic rings. The molecule has 2 aromatic carbocycles. The van der Waals surface area contributed by atoms with Gasteiger partial charge in [-0.05, 0) is 40.2 Å². The average molecular weight is 349 g/mol. The van der Waals surface area contributed by atoms with E-state index in [0.717, 1.165) is 5.69 Å². The molecule has 3 N–H and O–H groups in total. The number of benzene rings is 2. The molecule has 0 aliphatic carbocycles. The van der Waals surface area contributed by atoms with Crippen molar-refractivity contribution in [3.8, 4) is 0 Å². The lowest BCUT2D eigenvalue weighted by Gasteiger charge is -2.11. The van der Waals surface area contributed by atoms with Crippen molar-refractivity contribution in [2.24, 2.45) is 0 Å². The minimum atomic E-state index is -1.09. The number of carbonyl (C=O) groups is 2. The van der Waals surface area contributed by atoms with E-state index in [1.165, 1.54) is 6.07 Å². The first-order valence-corrected chi connectivity index (χ1v) is 6.98. The van der Waals surface area contributed by atoms with Gasteiger partial charge in [-0.25, -0.2) is 4.79 Å². The van der Waals surface area contributed by atoms with E-state index in [0.29, 0.717) is 4.47 Å². The molecule has 108 valence electrons. The summed E-state index contributed by atoms with van der Waals surface area (Å²) in [4.78, 5) is 23.1. The predicted molar refractivity (Wildman–Crippen MR) is 84.7 cm³/mol. The Bertz CT molecular complexity index is 659. The first-order valence-electron chi connectivity index (χ1n) is 6.18. The van der Waals surface area contributed by atoms with Crippen molar-refractivity contribution in [2.45, 2.75) is 0 Å². The third-order valence-electron chi connectivity index (χ3n) is 2.74. The Morgan fingerprint density at radius 2 is 1.76 bits per heavy atom. The molecule has 0 aromatic heterocycles. The zero-order chi connectivity index (χ0) is 15.2. The quantitative estimate of drug-likeness (QED) is 0.775. The normalized spacial score (nSPS) is 9.95. The molecule has 21 heavy (non-hydrogen) atoms. The van der Waals surface area contributed by atoms with Crippen molar-refractivity contribution in [3.63, 3.8) is 0 Å². The fourth-order valence-electron chi connectivity index (χ4n) is 1.75. The van der Waals surface area contributed by atoms with Gasteiger partial charge in [-0.1, -0.05) is 24.3 Å². The summed E-state index contributed by atoms with van der Waals surface area (Å²) in [6.07, 6.45) is 0. The first-order chi connectivity index (χ1) is 10.1. The zero-order valence-electron chi connectivity index (χ0n) is 11.0. The first kappa shape index (κ1) is 15.1. The van der Waals surface area contributed by atoms with Crippen LogP contribution in [-0.2, 0) is 4.79 Å². The van der Waals surface area contributed by atoms with Gasteiger partial charge in [0.05, 0.1) is 17.8 Å². The molecule has 0 saturated carbocycles. The Hall–Kier alpha value is -2.34. The number of nitrogens with one attached hydrogen (secondary N) is 2. The van der Waals surface area contributed by atoms with Crippen molar-refractivity contribution >= 4 is 39.2 Å². The Kier molecular flexibility index (Phi) is 4.94. The van der Waals surface area contributed by atoms with E-state index in [-0.39, 0.29) is 23.7 Å². The largest absolute Gasteiger partial charge is 0.478 e. The lowest BCUT2D eigenvalue weighted by Crippen LogP contribution is -2.23. The van der Waals surface area contributed by atoms with E-state index < -0.39 is 5.97 Å². The minimum absolute atomic E-state index is 0.0393. The van der Waals surface area contributed by atoms with Gasteiger partial charge in [0.1, 0.15) is 0 Å². The number of rotatable bonds is 5. The number of aromatic carboxylic acids is 1. The minimum Gasteiger partial charge on any atom is -0.478 e. The van der Waals surface area contributed by atoms with E-state index in [4.69, 9.17) is 5.11 Å². The molecule has 0 heterocycles. The molecule has 0 saturated heterocycles. The molecule has 0 bridgehead atoms. The molecule has 0 spiro atoms. The summed E-state index contributed by atoms with van der Waals surface area (Å²) in [6.45, 7) is 0.0460. The van der Waals surface area contributed by atoms with Crippen molar-refractivity contribution in [1.29, 1.82) is 0 Å². The van der Waals surface area contributed by atoms with Crippen LogP contribution in [0.2, 0.25) is 0 Å². The van der Waals surface area contributed by atoms with Crippen LogP contribution in [0.25, 0.3) is 0 Å². The van der Waals surface area contributed by atoms with E-state index in [1.807, 2.05) is 30.3 Å². The number of hydrogen-bond donors (Lipinski definition) is 3. The summed E-state index contributed by atoms with van der Waals surface area (Å²) in [6, 6.07) is 14.0. The molecule has 6 heteroatoms. The van der Waals surface area contributed by atoms with Crippen LogP contribution in [0.15, 0.2) is 53.0 Å². The number of anilines is 2. The number of carbonyl (C=O) groups excluding carboxylic acids is 1. The number of amides is 1. The van der Waals surface area contributed by atoms with Gasteiger partial charge in [0.15, 0.2) is 0 Å². The smallest absolute Gasteiger partial charge is 0.337 e. The standard InChI is InChI=1S/C15H13BrN2O3/c16-12-8-4-7-11(15(20)21)14(12)18-13(19)9-17-10-5-2-1-3-6-10/h1-8,17H,9H2,(H,18,19)(H,20,21). The van der Waals surface area contributed by atoms with Crippen molar-refractivity contribution in [2.75, 3.05) is 17.2 Å². The highest BCUT2D eigenvalue weighted by Crippen LogP contribution is 2.26. The van der Waals surface area contributed by atoms with Gasteiger partial charge >= 0.3 is 5.97 Å². The van der Waals surface area contributed by atoms with Crippen molar-refractivity contribution < 1.29 is 14.7 Å². The molecular formula is C15H13BrN2O3. The SMILES string of the molecule is O=C(CNc1ccccc1)Nc1c(Br)cccc1C(=O)O. The second-order valence-electron chi connectivity index (χ2n) is 4.24. The van der Waals surface area contributed by atoms with E-state index in [1.54, 1.807) is 12.1 Å². The molecule has 2 rings (SSSR count). The molecule has 1 amide bonds. The molecular weight excluding hydrogens is 336 g/mol. The van der Waals surface area contributed by atoms with Gasteiger partial charge in [-0.2, -0.15) is 0 Å². The van der Waals surface area contributed by atoms with Gasteiger partial charge < -0.3 is 15.7 Å². The second kappa shape index (κ2) is 6.90. The van der Waals surface area contributed by atoms with Crippen LogP contribution in [0.3, 0.4) is 0 Å². The Balaban J connectivity index is 2.05. The Morgan fingerprint density at radius 1 is 1.05 bits per heavy atom. The number of para-hydroxylation sites is 2. The molecule has 0 atom stereocenters. The maximum absolute atomic E-state index is 11.9. The number of hydrogen-bond acceptors (Lipinski definition) is 3. The molecule has 0 aliphatic heterocycles. The number of halogens is 1. The summed E-state index contributed by atoms with van der Waals surface area (Å²) < 4.78 is 0.524. The van der Waals surface area contributed by atoms with Crippen LogP contribution in [0, 0.1) is 0 Å². The van der Waals surface area contributed by atoms with Gasteiger partial charge in [0.25, 0.3) is 0 Å². The van der Waals surface area contributed by atoms with Crippen LogP contribution in [-0.4, -0.2) is 23.5 Å². The fourth-order valence-corrected chi connectivity index (χ4v) is 2.22. The highest BCUT2D eigenvalue weighted by molar-refractivity contribution is 9.10. The molecule has 0 radical (unpaired) electrons. The monoisotopic (exact) mass is 348 g/mol. The van der Waals surface area contributed by atoms with E-state index >= 15 is 0 Å².